The third-order valence-corrected chi connectivity index (χ3v) is 4.32. The van der Waals surface area contributed by atoms with Crippen LogP contribution in [0.4, 0.5) is 0 Å². The van der Waals surface area contributed by atoms with E-state index in [9.17, 15) is 0 Å². The van der Waals surface area contributed by atoms with Gasteiger partial charge in [0.25, 0.3) is 0 Å². The first kappa shape index (κ1) is 13.5. The van der Waals surface area contributed by atoms with Crippen LogP contribution in [-0.2, 0) is 6.42 Å². The van der Waals surface area contributed by atoms with Crippen molar-refractivity contribution in [2.75, 3.05) is 6.54 Å². The minimum Gasteiger partial charge on any atom is -0.330 e. The van der Waals surface area contributed by atoms with Crippen LogP contribution in [0.1, 0.15) is 11.1 Å². The second kappa shape index (κ2) is 6.28. The van der Waals surface area contributed by atoms with Crippen LogP contribution in [0.3, 0.4) is 0 Å². The zero-order chi connectivity index (χ0) is 13.0. The molecule has 0 unspecified atom stereocenters. The van der Waals surface area contributed by atoms with Gasteiger partial charge in [-0.2, -0.15) is 0 Å². The molecule has 0 spiro atoms. The molecule has 2 rings (SSSR count). The van der Waals surface area contributed by atoms with Gasteiger partial charge in [0.05, 0.1) is 5.02 Å². The first-order chi connectivity index (χ1) is 8.70. The fourth-order valence-electron chi connectivity index (χ4n) is 1.80. The highest BCUT2D eigenvalue weighted by molar-refractivity contribution is 7.99. The van der Waals surface area contributed by atoms with Gasteiger partial charge in [-0.05, 0) is 43.7 Å². The lowest BCUT2D eigenvalue weighted by atomic mass is 10.1. The Kier molecular flexibility index (Phi) is 4.70. The zero-order valence-corrected chi connectivity index (χ0v) is 11.9. The van der Waals surface area contributed by atoms with Gasteiger partial charge in [-0.1, -0.05) is 53.2 Å². The van der Waals surface area contributed by atoms with Crippen LogP contribution in [0, 0.1) is 6.92 Å². The molecule has 2 aromatic carbocycles. The van der Waals surface area contributed by atoms with Crippen LogP contribution in [0.25, 0.3) is 0 Å². The molecule has 0 aliphatic rings. The summed E-state index contributed by atoms with van der Waals surface area (Å²) in [5.41, 5.74) is 8.23. The Balaban J connectivity index is 2.31. The van der Waals surface area contributed by atoms with Crippen LogP contribution in [-0.4, -0.2) is 6.54 Å². The van der Waals surface area contributed by atoms with Crippen LogP contribution in [0.5, 0.6) is 0 Å². The molecule has 2 N–H and O–H groups in total. The van der Waals surface area contributed by atoms with Crippen molar-refractivity contribution in [3.8, 4) is 0 Å². The molecule has 0 aromatic heterocycles. The predicted molar refractivity (Wildman–Crippen MR) is 79.5 cm³/mol. The Bertz CT molecular complexity index is 540. The topological polar surface area (TPSA) is 26.0 Å². The number of hydrogen-bond donors (Lipinski definition) is 1. The molecule has 0 saturated carbocycles. The van der Waals surface area contributed by atoms with Gasteiger partial charge in [0, 0.05) is 9.79 Å². The third kappa shape index (κ3) is 3.29. The number of rotatable bonds is 4. The van der Waals surface area contributed by atoms with Gasteiger partial charge in [0.1, 0.15) is 0 Å². The summed E-state index contributed by atoms with van der Waals surface area (Å²) in [6.45, 7) is 2.77. The number of halogens is 1. The van der Waals surface area contributed by atoms with Crippen molar-refractivity contribution in [2.24, 2.45) is 5.73 Å². The van der Waals surface area contributed by atoms with E-state index in [-0.39, 0.29) is 0 Å². The van der Waals surface area contributed by atoms with E-state index in [2.05, 4.69) is 25.1 Å². The Hall–Kier alpha value is -0.960. The van der Waals surface area contributed by atoms with Crippen molar-refractivity contribution in [3.63, 3.8) is 0 Å². The highest BCUT2D eigenvalue weighted by Gasteiger charge is 2.06. The quantitative estimate of drug-likeness (QED) is 0.902. The maximum Gasteiger partial charge on any atom is 0.0545 e. The molecular weight excluding hydrogens is 262 g/mol. The maximum atomic E-state index is 6.19. The zero-order valence-electron chi connectivity index (χ0n) is 10.3. The average Bonchev–Trinajstić information content (AvgIpc) is 2.35. The Morgan fingerprint density at radius 1 is 1.11 bits per heavy atom. The highest BCUT2D eigenvalue weighted by atomic mass is 35.5. The molecule has 2 aromatic rings. The van der Waals surface area contributed by atoms with Gasteiger partial charge >= 0.3 is 0 Å². The summed E-state index contributed by atoms with van der Waals surface area (Å²) in [4.78, 5) is 2.32. The van der Waals surface area contributed by atoms with Crippen LogP contribution in [0.15, 0.2) is 52.3 Å². The SMILES string of the molecule is Cc1ccc(Sc2ccccc2Cl)c(CCN)c1. The summed E-state index contributed by atoms with van der Waals surface area (Å²) < 4.78 is 0. The van der Waals surface area contributed by atoms with E-state index in [1.807, 2.05) is 24.3 Å². The molecule has 1 nitrogen and oxygen atoms in total. The molecular formula is C15H16ClNS. The molecule has 0 aliphatic heterocycles. The van der Waals surface area contributed by atoms with E-state index in [0.717, 1.165) is 16.3 Å². The molecule has 0 amide bonds. The second-order valence-corrected chi connectivity index (χ2v) is 5.67. The summed E-state index contributed by atoms with van der Waals surface area (Å²) >= 11 is 7.89. The van der Waals surface area contributed by atoms with Gasteiger partial charge in [0.2, 0.25) is 0 Å². The summed E-state index contributed by atoms with van der Waals surface area (Å²) in [6, 6.07) is 14.4. The lowest BCUT2D eigenvalue weighted by molar-refractivity contribution is 0.941. The molecule has 3 heteroatoms. The summed E-state index contributed by atoms with van der Waals surface area (Å²) in [5.74, 6) is 0. The molecule has 18 heavy (non-hydrogen) atoms. The first-order valence-electron chi connectivity index (χ1n) is 5.92. The lowest BCUT2D eigenvalue weighted by Crippen LogP contribution is -2.04. The van der Waals surface area contributed by atoms with Crippen LogP contribution < -0.4 is 5.73 Å². The van der Waals surface area contributed by atoms with Crippen LogP contribution in [0.2, 0.25) is 5.02 Å². The number of benzene rings is 2. The standard InChI is InChI=1S/C15H16ClNS/c1-11-6-7-14(12(10-11)8-9-17)18-15-5-3-2-4-13(15)16/h2-7,10H,8-9,17H2,1H3. The van der Waals surface area contributed by atoms with E-state index in [1.54, 1.807) is 11.8 Å². The monoisotopic (exact) mass is 277 g/mol. The summed E-state index contributed by atoms with van der Waals surface area (Å²) in [5, 5.41) is 0.793. The summed E-state index contributed by atoms with van der Waals surface area (Å²) in [6.07, 6.45) is 0.897. The van der Waals surface area contributed by atoms with Gasteiger partial charge in [-0.15, -0.1) is 0 Å². The smallest absolute Gasteiger partial charge is 0.0545 e. The molecule has 94 valence electrons. The van der Waals surface area contributed by atoms with Crippen molar-refractivity contribution >= 4 is 23.4 Å². The second-order valence-electron chi connectivity index (χ2n) is 4.18. The van der Waals surface area contributed by atoms with E-state index >= 15 is 0 Å². The van der Waals surface area contributed by atoms with Crippen molar-refractivity contribution in [1.29, 1.82) is 0 Å². The molecule has 0 saturated heterocycles. The fraction of sp³-hybridized carbons (Fsp3) is 0.200. The van der Waals surface area contributed by atoms with Crippen molar-refractivity contribution < 1.29 is 0 Å². The number of aryl methyl sites for hydroxylation is 1. The normalized spacial score (nSPS) is 10.6. The van der Waals surface area contributed by atoms with Gasteiger partial charge in [-0.3, -0.25) is 0 Å². The first-order valence-corrected chi connectivity index (χ1v) is 7.12. The molecule has 0 fully saturated rings. The number of hydrogen-bond acceptors (Lipinski definition) is 2. The summed E-state index contributed by atoms with van der Waals surface area (Å²) in [7, 11) is 0. The lowest BCUT2D eigenvalue weighted by Gasteiger charge is -2.10. The average molecular weight is 278 g/mol. The molecule has 0 atom stereocenters. The third-order valence-electron chi connectivity index (χ3n) is 2.69. The van der Waals surface area contributed by atoms with Gasteiger partial charge in [0.15, 0.2) is 0 Å². The van der Waals surface area contributed by atoms with E-state index < -0.39 is 0 Å². The van der Waals surface area contributed by atoms with Crippen molar-refractivity contribution in [3.05, 3.63) is 58.6 Å². The molecule has 0 bridgehead atoms. The van der Waals surface area contributed by atoms with Gasteiger partial charge in [-0.25, -0.2) is 0 Å². The van der Waals surface area contributed by atoms with E-state index in [0.29, 0.717) is 6.54 Å². The Morgan fingerprint density at radius 3 is 2.61 bits per heavy atom. The Morgan fingerprint density at radius 2 is 1.89 bits per heavy atom. The Labute approximate surface area is 117 Å². The minimum atomic E-state index is 0.666. The minimum absolute atomic E-state index is 0.666. The van der Waals surface area contributed by atoms with Crippen molar-refractivity contribution in [2.45, 2.75) is 23.1 Å². The van der Waals surface area contributed by atoms with Crippen LogP contribution >= 0.6 is 23.4 Å². The fourth-order valence-corrected chi connectivity index (χ4v) is 3.03. The predicted octanol–water partition coefficient (Wildman–Crippen LogP) is 4.30. The molecule has 0 aliphatic carbocycles. The van der Waals surface area contributed by atoms with E-state index in [1.165, 1.54) is 16.0 Å². The molecule has 0 heterocycles. The number of nitrogens with two attached hydrogens (primary N) is 1. The largest absolute Gasteiger partial charge is 0.330 e. The van der Waals surface area contributed by atoms with Gasteiger partial charge < -0.3 is 5.73 Å². The molecule has 0 radical (unpaired) electrons. The maximum absolute atomic E-state index is 6.19. The highest BCUT2D eigenvalue weighted by Crippen LogP contribution is 2.35. The van der Waals surface area contributed by atoms with Crippen molar-refractivity contribution in [1.82, 2.24) is 0 Å². The van der Waals surface area contributed by atoms with E-state index in [4.69, 9.17) is 17.3 Å².